The van der Waals surface area contributed by atoms with Crippen molar-refractivity contribution in [3.8, 4) is 11.1 Å². The average Bonchev–Trinajstić information content (AvgIpc) is 3.36. The minimum Gasteiger partial charge on any atom is -0.459 e. The number of esters is 1. The second-order valence-corrected chi connectivity index (χ2v) is 12.8. The lowest BCUT2D eigenvalue weighted by Gasteiger charge is -2.26. The molecule has 8 nitrogen and oxygen atoms in total. The number of nitrogens with zero attached hydrogens (tertiary/aromatic N) is 3. The summed E-state index contributed by atoms with van der Waals surface area (Å²) in [6, 6.07) is 7.40. The summed E-state index contributed by atoms with van der Waals surface area (Å²) >= 11 is 6.43. The first-order valence-corrected chi connectivity index (χ1v) is 14.7. The van der Waals surface area contributed by atoms with Crippen LogP contribution in [0, 0.1) is 0 Å². The van der Waals surface area contributed by atoms with E-state index in [1.807, 2.05) is 6.92 Å². The van der Waals surface area contributed by atoms with Crippen LogP contribution in [0.3, 0.4) is 0 Å². The van der Waals surface area contributed by atoms with Gasteiger partial charge >= 0.3 is 12.1 Å². The van der Waals surface area contributed by atoms with Crippen molar-refractivity contribution in [3.05, 3.63) is 47.0 Å². The molecule has 0 aliphatic carbocycles. The van der Waals surface area contributed by atoms with Crippen LogP contribution in [-0.4, -0.2) is 50.5 Å². The maximum Gasteiger partial charge on any atom is 0.417 e. The van der Waals surface area contributed by atoms with E-state index in [0.29, 0.717) is 43.0 Å². The standard InChI is InChI=1S/C28H33ClF3N5O3S/c1-5-17-15-23(33)36-26(34-17)35-18-13-20(28(30,31)32)24(21(29)14-18)16-8-10-19(11-9-16)41(39)37-12-6-7-22(37)25(38)40-27(2,3)4/h8-11,13-14,17,22H,5-7,12,15H2,1-4H3,(H3,33,34,35,36)/t17?,22-,41?/m0/s1. The Morgan fingerprint density at radius 3 is 2.51 bits per heavy atom. The quantitative estimate of drug-likeness (QED) is 0.380. The summed E-state index contributed by atoms with van der Waals surface area (Å²) in [5.74, 6) is 0.0148. The minimum atomic E-state index is -4.73. The highest BCUT2D eigenvalue weighted by Gasteiger charge is 2.38. The molecular formula is C28H33ClF3N5O3S. The van der Waals surface area contributed by atoms with Crippen molar-refractivity contribution in [1.82, 2.24) is 4.31 Å². The molecule has 2 aromatic carbocycles. The average molecular weight is 612 g/mol. The van der Waals surface area contributed by atoms with Crippen molar-refractivity contribution in [3.63, 3.8) is 0 Å². The molecule has 41 heavy (non-hydrogen) atoms. The zero-order valence-corrected chi connectivity index (χ0v) is 24.8. The van der Waals surface area contributed by atoms with Crippen LogP contribution in [0.15, 0.2) is 51.3 Å². The van der Waals surface area contributed by atoms with Crippen molar-refractivity contribution in [2.24, 2.45) is 15.7 Å². The fraction of sp³-hybridized carbons (Fsp3) is 0.464. The van der Waals surface area contributed by atoms with Gasteiger partial charge in [-0.2, -0.15) is 13.2 Å². The number of anilines is 1. The molecule has 1 saturated heterocycles. The monoisotopic (exact) mass is 611 g/mol. The number of benzene rings is 2. The second kappa shape index (κ2) is 12.1. The van der Waals surface area contributed by atoms with Crippen molar-refractivity contribution < 1.29 is 26.9 Å². The summed E-state index contributed by atoms with van der Waals surface area (Å²) in [5, 5.41) is 2.67. The molecule has 0 saturated carbocycles. The van der Waals surface area contributed by atoms with E-state index in [-0.39, 0.29) is 33.8 Å². The Kier molecular flexibility index (Phi) is 9.15. The third-order valence-electron chi connectivity index (χ3n) is 6.56. The number of hydrogen-bond acceptors (Lipinski definition) is 7. The summed E-state index contributed by atoms with van der Waals surface area (Å²) in [4.78, 5) is 21.5. The number of guanidine groups is 1. The number of carbonyl (C=O) groups is 1. The van der Waals surface area contributed by atoms with Gasteiger partial charge in [-0.1, -0.05) is 30.7 Å². The fourth-order valence-electron chi connectivity index (χ4n) is 4.71. The molecule has 2 aliphatic heterocycles. The zero-order chi connectivity index (χ0) is 30.1. The molecule has 4 rings (SSSR count). The smallest absolute Gasteiger partial charge is 0.417 e. The van der Waals surface area contributed by atoms with Crippen LogP contribution >= 0.6 is 11.6 Å². The van der Waals surface area contributed by atoms with Gasteiger partial charge in [0.15, 0.2) is 0 Å². The molecule has 0 spiro atoms. The van der Waals surface area contributed by atoms with Gasteiger partial charge in [0, 0.05) is 24.2 Å². The molecule has 222 valence electrons. The van der Waals surface area contributed by atoms with Crippen LogP contribution < -0.4 is 11.1 Å². The zero-order valence-electron chi connectivity index (χ0n) is 23.2. The number of hydrogen-bond donors (Lipinski definition) is 2. The molecule has 1 fully saturated rings. The molecule has 3 atom stereocenters. The van der Waals surface area contributed by atoms with Crippen LogP contribution in [0.25, 0.3) is 11.1 Å². The Hall–Kier alpha value is -2.96. The molecule has 2 aromatic rings. The van der Waals surface area contributed by atoms with E-state index < -0.39 is 40.3 Å². The van der Waals surface area contributed by atoms with Gasteiger partial charge in [0.1, 0.15) is 28.5 Å². The molecule has 2 unspecified atom stereocenters. The number of amidine groups is 1. The number of rotatable bonds is 6. The first-order chi connectivity index (χ1) is 19.2. The molecular weight excluding hydrogens is 579 g/mol. The summed E-state index contributed by atoms with van der Waals surface area (Å²) in [7, 11) is -1.71. The van der Waals surface area contributed by atoms with E-state index >= 15 is 0 Å². The van der Waals surface area contributed by atoms with Gasteiger partial charge in [-0.15, -0.1) is 0 Å². The lowest BCUT2D eigenvalue weighted by Crippen LogP contribution is -2.41. The van der Waals surface area contributed by atoms with Gasteiger partial charge in [0.2, 0.25) is 5.96 Å². The van der Waals surface area contributed by atoms with Crippen molar-refractivity contribution in [1.29, 1.82) is 0 Å². The molecule has 0 aromatic heterocycles. The predicted molar refractivity (Wildman–Crippen MR) is 155 cm³/mol. The number of halogens is 4. The Balaban J connectivity index is 1.61. The summed E-state index contributed by atoms with van der Waals surface area (Å²) < 4.78 is 63.1. The molecule has 2 aliphatic rings. The van der Waals surface area contributed by atoms with Gasteiger partial charge in [-0.25, -0.2) is 18.5 Å². The van der Waals surface area contributed by atoms with Crippen molar-refractivity contribution in [2.75, 3.05) is 11.9 Å². The van der Waals surface area contributed by atoms with Crippen LogP contribution in [0.1, 0.15) is 58.9 Å². The molecule has 13 heteroatoms. The Labute approximate surface area is 244 Å². The van der Waals surface area contributed by atoms with Gasteiger partial charge in [0.05, 0.1) is 21.5 Å². The van der Waals surface area contributed by atoms with E-state index in [0.717, 1.165) is 6.07 Å². The van der Waals surface area contributed by atoms with Crippen LogP contribution in [-0.2, 0) is 26.7 Å². The van der Waals surface area contributed by atoms with Gasteiger partial charge < -0.3 is 15.8 Å². The van der Waals surface area contributed by atoms with E-state index in [1.54, 1.807) is 25.1 Å². The van der Waals surface area contributed by atoms with Crippen LogP contribution in [0.5, 0.6) is 0 Å². The lowest BCUT2D eigenvalue weighted by molar-refractivity contribution is -0.158. The second-order valence-electron chi connectivity index (χ2n) is 10.9. The molecule has 3 N–H and O–H groups in total. The Morgan fingerprint density at radius 2 is 1.90 bits per heavy atom. The molecule has 2 heterocycles. The highest BCUT2D eigenvalue weighted by Crippen LogP contribution is 2.43. The van der Waals surface area contributed by atoms with E-state index in [1.165, 1.54) is 30.3 Å². The summed E-state index contributed by atoms with van der Waals surface area (Å²) in [6.07, 6.45) is -2.36. The highest BCUT2D eigenvalue weighted by atomic mass is 35.5. The fourth-order valence-corrected chi connectivity index (χ4v) is 6.39. The maximum atomic E-state index is 14.2. The van der Waals surface area contributed by atoms with Crippen LogP contribution in [0.2, 0.25) is 5.02 Å². The van der Waals surface area contributed by atoms with E-state index in [9.17, 15) is 22.2 Å². The summed E-state index contributed by atoms with van der Waals surface area (Å²) in [5.41, 5.74) is 4.29. The van der Waals surface area contributed by atoms with Crippen molar-refractivity contribution >= 4 is 46.0 Å². The predicted octanol–water partition coefficient (Wildman–Crippen LogP) is 6.16. The number of carbonyl (C=O) groups excluding carboxylic acids is 1. The first kappa shape index (κ1) is 31.0. The number of alkyl halides is 3. The Bertz CT molecular complexity index is 1390. The third kappa shape index (κ3) is 7.47. The van der Waals surface area contributed by atoms with Crippen molar-refractivity contribution in [2.45, 2.75) is 82.1 Å². The third-order valence-corrected chi connectivity index (χ3v) is 8.40. The lowest BCUT2D eigenvalue weighted by atomic mass is 9.98. The van der Waals surface area contributed by atoms with Gasteiger partial charge in [-0.3, -0.25) is 4.79 Å². The topological polar surface area (TPSA) is 109 Å². The number of nitrogens with one attached hydrogen (secondary N) is 1. The summed E-state index contributed by atoms with van der Waals surface area (Å²) in [6.45, 7) is 7.65. The number of aliphatic imine (C=N–C) groups is 2. The van der Waals surface area contributed by atoms with E-state index in [2.05, 4.69) is 15.3 Å². The van der Waals surface area contributed by atoms with Gasteiger partial charge in [-0.05, 0) is 69.9 Å². The SMILES string of the molecule is CCC1CC(N)=NC(Nc2cc(Cl)c(-c3ccc(S(=O)N4CCC[C@H]4C(=O)OC(C)(C)C)cc3)c(C(F)(F)F)c2)=N1. The Morgan fingerprint density at radius 1 is 1.22 bits per heavy atom. The van der Waals surface area contributed by atoms with Crippen LogP contribution in [0.4, 0.5) is 18.9 Å². The number of nitrogens with two attached hydrogens (primary N) is 1. The normalized spacial score (nSPS) is 20.8. The molecule has 0 radical (unpaired) electrons. The highest BCUT2D eigenvalue weighted by molar-refractivity contribution is 7.82. The first-order valence-electron chi connectivity index (χ1n) is 13.3. The minimum absolute atomic E-state index is 0.0677. The maximum absolute atomic E-state index is 14.2. The van der Waals surface area contributed by atoms with Gasteiger partial charge in [0.25, 0.3) is 0 Å². The van der Waals surface area contributed by atoms with E-state index in [4.69, 9.17) is 22.1 Å². The molecule has 0 amide bonds. The molecule has 0 bridgehead atoms. The number of ether oxygens (including phenoxy) is 1. The largest absolute Gasteiger partial charge is 0.459 e.